The minimum atomic E-state index is -0.159. The van der Waals surface area contributed by atoms with E-state index < -0.39 is 0 Å². The Morgan fingerprint density at radius 3 is 2.38 bits per heavy atom. The van der Waals surface area contributed by atoms with E-state index in [2.05, 4.69) is 57.3 Å². The molecule has 0 spiro atoms. The highest BCUT2D eigenvalue weighted by atomic mass is 32.1. The Bertz CT molecular complexity index is 1250. The first-order chi connectivity index (χ1) is 19.3. The molecule has 6 heteroatoms. The second-order valence-corrected chi connectivity index (χ2v) is 12.6. The highest BCUT2D eigenvalue weighted by molar-refractivity contribution is 7.09. The smallest absolute Gasteiger partial charge is 0.306 e. The highest BCUT2D eigenvalue weighted by Crippen LogP contribution is 2.39. The first-order valence-corrected chi connectivity index (χ1v) is 15.9. The predicted octanol–water partition coefficient (Wildman–Crippen LogP) is 8.13. The number of thiazole rings is 1. The number of ether oxygens (including phenoxy) is 2. The molecule has 40 heavy (non-hydrogen) atoms. The summed E-state index contributed by atoms with van der Waals surface area (Å²) in [6, 6.07) is 8.97. The Hall–Kier alpha value is -2.73. The maximum Gasteiger partial charge on any atom is 0.306 e. The van der Waals surface area contributed by atoms with Crippen LogP contribution >= 0.6 is 11.3 Å². The second-order valence-electron chi connectivity index (χ2n) is 11.7. The quantitative estimate of drug-likeness (QED) is 0.197. The van der Waals surface area contributed by atoms with Crippen LogP contribution in [0.4, 0.5) is 0 Å². The maximum atomic E-state index is 12.7. The zero-order valence-electron chi connectivity index (χ0n) is 25.2. The van der Waals surface area contributed by atoms with Gasteiger partial charge in [0.15, 0.2) is 0 Å². The first-order valence-electron chi connectivity index (χ1n) is 15.1. The number of rotatable bonds is 13. The summed E-state index contributed by atoms with van der Waals surface area (Å²) >= 11 is 1.73. The van der Waals surface area contributed by atoms with Crippen LogP contribution in [0.15, 0.2) is 29.6 Å². The van der Waals surface area contributed by atoms with Crippen molar-refractivity contribution in [3.8, 4) is 5.75 Å². The number of carbonyl (C=O) groups excluding carboxylic acids is 1. The van der Waals surface area contributed by atoms with Crippen molar-refractivity contribution in [3.05, 3.63) is 74.0 Å². The molecule has 0 fully saturated rings. The van der Waals surface area contributed by atoms with Gasteiger partial charge in [-0.25, -0.2) is 4.98 Å². The van der Waals surface area contributed by atoms with Gasteiger partial charge in [-0.2, -0.15) is 0 Å². The predicted molar refractivity (Wildman–Crippen MR) is 164 cm³/mol. The molecule has 0 saturated carbocycles. The van der Waals surface area contributed by atoms with Crippen LogP contribution in [0.2, 0.25) is 0 Å². The van der Waals surface area contributed by atoms with Gasteiger partial charge in [0.25, 0.3) is 0 Å². The minimum Gasteiger partial charge on any atom is -0.496 e. The van der Waals surface area contributed by atoms with E-state index >= 15 is 0 Å². The molecule has 0 N–H and O–H groups in total. The second kappa shape index (κ2) is 14.2. The van der Waals surface area contributed by atoms with Crippen LogP contribution in [0.25, 0.3) is 0 Å². The summed E-state index contributed by atoms with van der Waals surface area (Å²) in [4.78, 5) is 22.6. The van der Waals surface area contributed by atoms with Gasteiger partial charge in [-0.3, -0.25) is 9.78 Å². The minimum absolute atomic E-state index is 0.00500. The molecule has 1 unspecified atom stereocenters. The molecule has 3 aromatic rings. The first kappa shape index (κ1) is 30.2. The Labute approximate surface area is 244 Å². The van der Waals surface area contributed by atoms with Crippen molar-refractivity contribution in [2.45, 2.75) is 110 Å². The lowest BCUT2D eigenvalue weighted by Crippen LogP contribution is -2.14. The van der Waals surface area contributed by atoms with Crippen LogP contribution in [0.5, 0.6) is 5.75 Å². The van der Waals surface area contributed by atoms with Gasteiger partial charge in [-0.1, -0.05) is 45.9 Å². The molecule has 1 aliphatic carbocycles. The van der Waals surface area contributed by atoms with Crippen molar-refractivity contribution in [1.29, 1.82) is 0 Å². The molecule has 216 valence electrons. The van der Waals surface area contributed by atoms with Crippen LogP contribution < -0.4 is 4.74 Å². The molecule has 0 amide bonds. The van der Waals surface area contributed by atoms with E-state index in [1.807, 2.05) is 6.92 Å². The fraction of sp³-hybridized carbons (Fsp3) is 0.559. The number of esters is 1. The number of methoxy groups -OCH3 is 1. The van der Waals surface area contributed by atoms with Crippen LogP contribution in [-0.4, -0.2) is 29.7 Å². The van der Waals surface area contributed by atoms with Crippen LogP contribution in [0.1, 0.15) is 122 Å². The van der Waals surface area contributed by atoms with Gasteiger partial charge in [-0.05, 0) is 104 Å². The van der Waals surface area contributed by atoms with Gasteiger partial charge in [0.2, 0.25) is 0 Å². The molecular formula is C34H46N2O3S. The molecule has 0 radical (unpaired) electrons. The Morgan fingerprint density at radius 1 is 0.975 bits per heavy atom. The number of carbonyl (C=O) groups is 1. The molecule has 1 atom stereocenters. The summed E-state index contributed by atoms with van der Waals surface area (Å²) in [5.74, 6) is 1.42. The van der Waals surface area contributed by atoms with E-state index in [1.165, 1.54) is 47.3 Å². The van der Waals surface area contributed by atoms with Crippen molar-refractivity contribution in [3.63, 3.8) is 0 Å². The zero-order chi connectivity index (χ0) is 28.6. The monoisotopic (exact) mass is 562 g/mol. The standard InChI is InChI=1S/C34H46N2O3S/c1-7-39-33(37)20-25(26-18-29(22(2)3)34(38-6)30(19-26)23(4)5)17-28-21-40-32(36-28)14-10-12-27-16-15-24-11-8-9-13-31(24)35-27/h15-16,18-19,21-23,25H,7-14,17,20H2,1-6H3. The highest BCUT2D eigenvalue weighted by Gasteiger charge is 2.24. The largest absolute Gasteiger partial charge is 0.496 e. The lowest BCUT2D eigenvalue weighted by atomic mass is 9.84. The normalized spacial score (nSPS) is 13.9. The topological polar surface area (TPSA) is 61.3 Å². The van der Waals surface area contributed by atoms with Crippen molar-refractivity contribution in [1.82, 2.24) is 9.97 Å². The molecule has 0 aliphatic heterocycles. The summed E-state index contributed by atoms with van der Waals surface area (Å²) in [6.07, 6.45) is 8.87. The average Bonchev–Trinajstić information content (AvgIpc) is 3.38. The molecule has 2 aromatic heterocycles. The third kappa shape index (κ3) is 7.72. The number of hydrogen-bond donors (Lipinski definition) is 0. The van der Waals surface area contributed by atoms with Gasteiger partial charge < -0.3 is 9.47 Å². The van der Waals surface area contributed by atoms with E-state index in [9.17, 15) is 4.79 Å². The zero-order valence-corrected chi connectivity index (χ0v) is 26.0. The van der Waals surface area contributed by atoms with E-state index in [-0.39, 0.29) is 11.9 Å². The molecule has 2 heterocycles. The maximum absolute atomic E-state index is 12.7. The summed E-state index contributed by atoms with van der Waals surface area (Å²) in [5.41, 5.74) is 8.54. The van der Waals surface area contributed by atoms with Crippen molar-refractivity contribution >= 4 is 17.3 Å². The van der Waals surface area contributed by atoms with Gasteiger partial charge in [0.1, 0.15) is 5.75 Å². The van der Waals surface area contributed by atoms with Gasteiger partial charge >= 0.3 is 5.97 Å². The number of benzene rings is 1. The van der Waals surface area contributed by atoms with Crippen LogP contribution in [0.3, 0.4) is 0 Å². The number of nitrogens with zero attached hydrogens (tertiary/aromatic N) is 2. The van der Waals surface area contributed by atoms with Crippen LogP contribution in [-0.2, 0) is 41.6 Å². The fourth-order valence-corrected chi connectivity index (χ4v) is 6.61. The van der Waals surface area contributed by atoms with Gasteiger partial charge in [0, 0.05) is 16.8 Å². The molecule has 5 nitrogen and oxygen atoms in total. The molecule has 0 saturated heterocycles. The van der Waals surface area contributed by atoms with Crippen LogP contribution in [0, 0.1) is 0 Å². The number of aromatic nitrogens is 2. The molecule has 0 bridgehead atoms. The summed E-state index contributed by atoms with van der Waals surface area (Å²) in [5, 5.41) is 3.32. The molecule has 4 rings (SSSR count). The van der Waals surface area contributed by atoms with E-state index in [0.29, 0.717) is 31.3 Å². The summed E-state index contributed by atoms with van der Waals surface area (Å²) in [6.45, 7) is 11.0. The number of hydrogen-bond acceptors (Lipinski definition) is 6. The number of fused-ring (bicyclic) bond motifs is 1. The third-order valence-corrected chi connectivity index (χ3v) is 8.88. The van der Waals surface area contributed by atoms with Gasteiger partial charge in [-0.15, -0.1) is 11.3 Å². The van der Waals surface area contributed by atoms with E-state index in [1.54, 1.807) is 18.4 Å². The Balaban J connectivity index is 1.49. The molecule has 1 aliphatic rings. The van der Waals surface area contributed by atoms with Crippen molar-refractivity contribution < 1.29 is 14.3 Å². The summed E-state index contributed by atoms with van der Waals surface area (Å²) < 4.78 is 11.2. The Morgan fingerprint density at radius 2 is 1.70 bits per heavy atom. The summed E-state index contributed by atoms with van der Waals surface area (Å²) in [7, 11) is 1.75. The SMILES string of the molecule is CCOC(=O)CC(Cc1csc(CCCc2ccc3c(n2)CCCC3)n1)c1cc(C(C)C)c(OC)c(C(C)C)c1. The lowest BCUT2D eigenvalue weighted by Gasteiger charge is -2.23. The van der Waals surface area contributed by atoms with Crippen molar-refractivity contribution in [2.75, 3.05) is 13.7 Å². The van der Waals surface area contributed by atoms with Gasteiger partial charge in [0.05, 0.1) is 30.8 Å². The lowest BCUT2D eigenvalue weighted by molar-refractivity contribution is -0.143. The Kier molecular flexibility index (Phi) is 10.8. The van der Waals surface area contributed by atoms with E-state index in [4.69, 9.17) is 19.4 Å². The van der Waals surface area contributed by atoms with E-state index in [0.717, 1.165) is 47.7 Å². The molecular weight excluding hydrogens is 516 g/mol. The van der Waals surface area contributed by atoms with Crippen molar-refractivity contribution in [2.24, 2.45) is 0 Å². The average molecular weight is 563 g/mol. The number of aryl methyl sites for hydroxylation is 4. The number of pyridine rings is 1. The molecule has 1 aromatic carbocycles. The third-order valence-electron chi connectivity index (χ3n) is 7.92. The fourth-order valence-electron chi connectivity index (χ4n) is 5.75.